The first-order valence-corrected chi connectivity index (χ1v) is 13.0. The number of nitrogens with zero attached hydrogens (tertiary/aromatic N) is 1. The lowest BCUT2D eigenvalue weighted by atomic mass is 9.89. The summed E-state index contributed by atoms with van der Waals surface area (Å²) in [6.07, 6.45) is -3.75. The Kier molecular flexibility index (Phi) is 7.27. The number of benzene rings is 3. The Balaban J connectivity index is 1.18. The Morgan fingerprint density at radius 3 is 2.40 bits per heavy atom. The number of rotatable bonds is 4. The fourth-order valence-electron chi connectivity index (χ4n) is 5.15. The van der Waals surface area contributed by atoms with Gasteiger partial charge in [-0.25, -0.2) is 0 Å². The van der Waals surface area contributed by atoms with Crippen molar-refractivity contribution in [3.8, 4) is 5.75 Å². The number of alkyl halides is 3. The van der Waals surface area contributed by atoms with E-state index in [1.165, 1.54) is 19.1 Å². The molecule has 1 unspecified atom stereocenters. The molecule has 1 saturated heterocycles. The second-order valence-corrected chi connectivity index (χ2v) is 10.1. The van der Waals surface area contributed by atoms with Crippen LogP contribution in [0.25, 0.3) is 0 Å². The van der Waals surface area contributed by atoms with E-state index in [2.05, 4.69) is 10.6 Å². The average Bonchev–Trinajstić information content (AvgIpc) is 2.93. The number of hydrogen-bond donors (Lipinski definition) is 2. The Morgan fingerprint density at radius 1 is 1.02 bits per heavy atom. The van der Waals surface area contributed by atoms with Gasteiger partial charge in [0.15, 0.2) is 6.10 Å². The summed E-state index contributed by atoms with van der Waals surface area (Å²) >= 11 is 0. The topological polar surface area (TPSA) is 87.7 Å². The molecule has 2 N–H and O–H groups in total. The summed E-state index contributed by atoms with van der Waals surface area (Å²) in [4.78, 5) is 39.3. The van der Waals surface area contributed by atoms with Crippen molar-refractivity contribution in [1.82, 2.24) is 4.90 Å². The summed E-state index contributed by atoms with van der Waals surface area (Å²) in [5.41, 5.74) is 1.71. The number of amides is 3. The Morgan fingerprint density at radius 2 is 1.73 bits per heavy atom. The monoisotopic (exact) mass is 551 g/mol. The highest BCUT2D eigenvalue weighted by Crippen LogP contribution is 2.35. The first kappa shape index (κ1) is 27.2. The van der Waals surface area contributed by atoms with Gasteiger partial charge in [-0.3, -0.25) is 14.4 Å². The molecule has 5 rings (SSSR count). The largest absolute Gasteiger partial charge is 0.479 e. The van der Waals surface area contributed by atoms with Crippen LogP contribution in [0.5, 0.6) is 5.75 Å². The lowest BCUT2D eigenvalue weighted by molar-refractivity contribution is -0.138. The minimum Gasteiger partial charge on any atom is -0.479 e. The Hall–Kier alpha value is -4.34. The van der Waals surface area contributed by atoms with Crippen LogP contribution in [0.2, 0.25) is 0 Å². The van der Waals surface area contributed by atoms with Crippen molar-refractivity contribution >= 4 is 29.1 Å². The number of halogens is 3. The summed E-state index contributed by atoms with van der Waals surface area (Å²) in [5.74, 6) is -0.307. The highest BCUT2D eigenvalue weighted by molar-refractivity contribution is 6.06. The number of ether oxygens (including phenoxy) is 1. The molecule has 0 bridgehead atoms. The van der Waals surface area contributed by atoms with Crippen LogP contribution in [0.4, 0.5) is 24.5 Å². The number of nitrogens with one attached hydrogen (secondary N) is 2. The van der Waals surface area contributed by atoms with E-state index in [1.54, 1.807) is 30.0 Å². The molecule has 3 aromatic rings. The second-order valence-electron chi connectivity index (χ2n) is 10.1. The van der Waals surface area contributed by atoms with Gasteiger partial charge in [-0.2, -0.15) is 13.2 Å². The van der Waals surface area contributed by atoms with Crippen molar-refractivity contribution < 1.29 is 32.3 Å². The SMILES string of the molecule is Cc1c(C(=O)N2CCC(c3ccc(NC(=O)c4ccc5c(c4)NC(=O)C(C)O5)cc3)CC2)cccc1C(F)(F)F. The van der Waals surface area contributed by atoms with Gasteiger partial charge in [0.25, 0.3) is 17.7 Å². The molecule has 1 atom stereocenters. The summed E-state index contributed by atoms with van der Waals surface area (Å²) in [7, 11) is 0. The van der Waals surface area contributed by atoms with Gasteiger partial charge in [0, 0.05) is 29.9 Å². The molecule has 7 nitrogen and oxygen atoms in total. The van der Waals surface area contributed by atoms with E-state index in [1.807, 2.05) is 24.3 Å². The van der Waals surface area contributed by atoms with Crippen LogP contribution in [0, 0.1) is 6.92 Å². The number of hydrogen-bond acceptors (Lipinski definition) is 4. The molecule has 1 fully saturated rings. The van der Waals surface area contributed by atoms with Crippen molar-refractivity contribution in [1.29, 1.82) is 0 Å². The lowest BCUT2D eigenvalue weighted by Crippen LogP contribution is -2.38. The highest BCUT2D eigenvalue weighted by Gasteiger charge is 2.34. The number of likely N-dealkylation sites (tertiary alicyclic amines) is 1. The van der Waals surface area contributed by atoms with Gasteiger partial charge in [-0.1, -0.05) is 18.2 Å². The normalized spacial score (nSPS) is 17.5. The molecular formula is C30H28F3N3O4. The lowest BCUT2D eigenvalue weighted by Gasteiger charge is -2.33. The number of carbonyl (C=O) groups is 3. The molecule has 2 aliphatic rings. The van der Waals surface area contributed by atoms with E-state index in [4.69, 9.17) is 4.74 Å². The van der Waals surface area contributed by atoms with Gasteiger partial charge in [0.2, 0.25) is 0 Å². The van der Waals surface area contributed by atoms with E-state index in [-0.39, 0.29) is 34.8 Å². The molecule has 10 heteroatoms. The summed E-state index contributed by atoms with van der Waals surface area (Å²) < 4.78 is 45.4. The highest BCUT2D eigenvalue weighted by atomic mass is 19.4. The van der Waals surface area contributed by atoms with Crippen molar-refractivity contribution in [2.75, 3.05) is 23.7 Å². The maximum atomic E-state index is 13.3. The second kappa shape index (κ2) is 10.7. The molecule has 0 aliphatic carbocycles. The van der Waals surface area contributed by atoms with Gasteiger partial charge < -0.3 is 20.3 Å². The average molecular weight is 552 g/mol. The Labute approximate surface area is 229 Å². The summed E-state index contributed by atoms with van der Waals surface area (Å²) in [5, 5.41) is 5.58. The van der Waals surface area contributed by atoms with E-state index < -0.39 is 17.8 Å². The van der Waals surface area contributed by atoms with Gasteiger partial charge >= 0.3 is 6.18 Å². The van der Waals surface area contributed by atoms with Crippen molar-refractivity contribution in [3.05, 3.63) is 88.5 Å². The zero-order chi connectivity index (χ0) is 28.6. The molecule has 0 saturated carbocycles. The van der Waals surface area contributed by atoms with E-state index >= 15 is 0 Å². The van der Waals surface area contributed by atoms with E-state index in [0.29, 0.717) is 48.6 Å². The molecule has 0 spiro atoms. The first-order valence-electron chi connectivity index (χ1n) is 13.0. The van der Waals surface area contributed by atoms with Gasteiger partial charge in [-0.05, 0) is 86.2 Å². The van der Waals surface area contributed by atoms with Crippen LogP contribution in [0.3, 0.4) is 0 Å². The fraction of sp³-hybridized carbons (Fsp3) is 0.300. The van der Waals surface area contributed by atoms with Gasteiger partial charge in [0.1, 0.15) is 5.75 Å². The van der Waals surface area contributed by atoms with Gasteiger partial charge in [0.05, 0.1) is 11.3 Å². The summed E-state index contributed by atoms with van der Waals surface area (Å²) in [6.45, 7) is 3.86. The number of piperidine rings is 1. The maximum Gasteiger partial charge on any atom is 0.416 e. The molecule has 0 radical (unpaired) electrons. The zero-order valence-electron chi connectivity index (χ0n) is 22.0. The van der Waals surface area contributed by atoms with E-state index in [9.17, 15) is 27.6 Å². The maximum absolute atomic E-state index is 13.3. The van der Waals surface area contributed by atoms with Crippen LogP contribution in [0.15, 0.2) is 60.7 Å². The minimum absolute atomic E-state index is 0.0529. The third kappa shape index (κ3) is 5.52. The third-order valence-electron chi connectivity index (χ3n) is 7.46. The molecule has 40 heavy (non-hydrogen) atoms. The molecule has 3 aromatic carbocycles. The van der Waals surface area contributed by atoms with Gasteiger partial charge in [-0.15, -0.1) is 0 Å². The molecule has 2 aliphatic heterocycles. The van der Waals surface area contributed by atoms with Crippen LogP contribution in [-0.4, -0.2) is 41.8 Å². The zero-order valence-corrected chi connectivity index (χ0v) is 22.0. The minimum atomic E-state index is -4.51. The molecular weight excluding hydrogens is 523 g/mol. The number of fused-ring (bicyclic) bond motifs is 1. The fourth-order valence-corrected chi connectivity index (χ4v) is 5.15. The molecule has 3 amide bonds. The molecule has 0 aromatic heterocycles. The van der Waals surface area contributed by atoms with Crippen LogP contribution >= 0.6 is 0 Å². The summed E-state index contributed by atoms with van der Waals surface area (Å²) in [6, 6.07) is 16.0. The molecule has 2 heterocycles. The quantitative estimate of drug-likeness (QED) is 0.416. The predicted molar refractivity (Wildman–Crippen MR) is 144 cm³/mol. The third-order valence-corrected chi connectivity index (χ3v) is 7.46. The Bertz CT molecular complexity index is 1460. The van der Waals surface area contributed by atoms with Crippen molar-refractivity contribution in [2.24, 2.45) is 0 Å². The smallest absolute Gasteiger partial charge is 0.416 e. The van der Waals surface area contributed by atoms with Crippen molar-refractivity contribution in [2.45, 2.75) is 44.9 Å². The van der Waals surface area contributed by atoms with Crippen molar-refractivity contribution in [3.63, 3.8) is 0 Å². The van der Waals surface area contributed by atoms with E-state index in [0.717, 1.165) is 11.6 Å². The molecule has 208 valence electrons. The standard InChI is InChI=1S/C30H28F3N3O4/c1-17-23(4-3-5-24(17)30(31,32)33)29(39)36-14-12-20(13-15-36)19-6-9-22(10-7-19)34-28(38)21-8-11-26-25(16-21)35-27(37)18(2)40-26/h3-11,16,18,20H,12-15H2,1-2H3,(H,34,38)(H,35,37). The van der Waals surface area contributed by atoms with Crippen LogP contribution in [0.1, 0.15) is 63.1 Å². The predicted octanol–water partition coefficient (Wildman–Crippen LogP) is 6.01. The first-order chi connectivity index (χ1) is 19.0. The number of carbonyl (C=O) groups excluding carboxylic acids is 3. The van der Waals surface area contributed by atoms with Crippen LogP contribution in [-0.2, 0) is 11.0 Å². The van der Waals surface area contributed by atoms with Crippen LogP contribution < -0.4 is 15.4 Å². The number of anilines is 2.